The molecule has 7 heteroatoms. The fourth-order valence-corrected chi connectivity index (χ4v) is 3.51. The maximum absolute atomic E-state index is 12.9. The summed E-state index contributed by atoms with van der Waals surface area (Å²) in [6.07, 6.45) is 1.66. The predicted molar refractivity (Wildman–Crippen MR) is 118 cm³/mol. The van der Waals surface area contributed by atoms with Crippen LogP contribution in [0.25, 0.3) is 22.2 Å². The second kappa shape index (κ2) is 8.18. The Hall–Kier alpha value is -3.74. The zero-order valence-electron chi connectivity index (χ0n) is 17.9. The molecule has 4 rings (SSSR count). The van der Waals surface area contributed by atoms with E-state index < -0.39 is 5.91 Å². The largest absolute Gasteiger partial charge is 0.451 e. The number of fused-ring (bicyclic) bond motifs is 1. The molecule has 1 amide bonds. The number of amides is 1. The monoisotopic (exact) mass is 417 g/mol. The molecule has 2 aromatic heterocycles. The second-order valence-corrected chi connectivity index (χ2v) is 7.52. The highest BCUT2D eigenvalue weighted by Crippen LogP contribution is 2.30. The molecule has 158 valence electrons. The van der Waals surface area contributed by atoms with Crippen LogP contribution >= 0.6 is 0 Å². The van der Waals surface area contributed by atoms with Crippen molar-refractivity contribution in [1.82, 2.24) is 10.3 Å². The van der Waals surface area contributed by atoms with Gasteiger partial charge in [-0.25, -0.2) is 4.63 Å². The lowest BCUT2D eigenvalue weighted by Gasteiger charge is -2.09. The van der Waals surface area contributed by atoms with E-state index in [1.165, 1.54) is 6.07 Å². The second-order valence-electron chi connectivity index (χ2n) is 7.52. The summed E-state index contributed by atoms with van der Waals surface area (Å²) in [7, 11) is 0. The Balaban J connectivity index is 1.71. The van der Waals surface area contributed by atoms with Gasteiger partial charge in [-0.05, 0) is 77.5 Å². The standard InChI is InChI=1S/C24H23N3O4/c1-5-15-7-8-16(6-2)17(11-15)22-23(27-31-26-22)25-24(29)21-12-19(28)18-9-13(3)14(4)10-20(18)30-21/h7-12H,5-6H2,1-4H3,(H,25,27,29). The molecule has 0 aliphatic rings. The van der Waals surface area contributed by atoms with Crippen LogP contribution in [0.4, 0.5) is 5.82 Å². The van der Waals surface area contributed by atoms with Crippen molar-refractivity contribution in [3.63, 3.8) is 0 Å². The average molecular weight is 417 g/mol. The van der Waals surface area contributed by atoms with Gasteiger partial charge in [-0.2, -0.15) is 0 Å². The van der Waals surface area contributed by atoms with Crippen molar-refractivity contribution < 1.29 is 13.8 Å². The molecule has 0 atom stereocenters. The Kier molecular flexibility index (Phi) is 5.42. The molecule has 0 fully saturated rings. The van der Waals surface area contributed by atoms with Crippen LogP contribution in [0.3, 0.4) is 0 Å². The van der Waals surface area contributed by atoms with Crippen LogP contribution in [0.5, 0.6) is 0 Å². The molecule has 0 radical (unpaired) electrons. The first kappa shape index (κ1) is 20.5. The molecule has 0 saturated heterocycles. The molecule has 2 heterocycles. The lowest BCUT2D eigenvalue weighted by Crippen LogP contribution is -2.16. The summed E-state index contributed by atoms with van der Waals surface area (Å²) in [5.74, 6) is -0.526. The zero-order chi connectivity index (χ0) is 22.1. The number of aryl methyl sites for hydroxylation is 4. The van der Waals surface area contributed by atoms with Crippen molar-refractivity contribution in [2.45, 2.75) is 40.5 Å². The van der Waals surface area contributed by atoms with Gasteiger partial charge in [0.05, 0.1) is 5.39 Å². The molecule has 0 unspecified atom stereocenters. The van der Waals surface area contributed by atoms with E-state index in [-0.39, 0.29) is 17.0 Å². The highest BCUT2D eigenvalue weighted by molar-refractivity contribution is 6.04. The maximum Gasteiger partial charge on any atom is 0.292 e. The molecular weight excluding hydrogens is 394 g/mol. The number of anilines is 1. The van der Waals surface area contributed by atoms with Gasteiger partial charge in [0.15, 0.2) is 16.9 Å². The highest BCUT2D eigenvalue weighted by atomic mass is 16.6. The molecule has 31 heavy (non-hydrogen) atoms. The van der Waals surface area contributed by atoms with E-state index in [2.05, 4.69) is 28.6 Å². The Morgan fingerprint density at radius 3 is 2.52 bits per heavy atom. The summed E-state index contributed by atoms with van der Waals surface area (Å²) in [4.78, 5) is 25.4. The van der Waals surface area contributed by atoms with Gasteiger partial charge in [-0.15, -0.1) is 0 Å². The predicted octanol–water partition coefficient (Wildman–Crippen LogP) is 4.84. The molecule has 7 nitrogen and oxygen atoms in total. The molecule has 0 bridgehead atoms. The van der Waals surface area contributed by atoms with Gasteiger partial charge < -0.3 is 4.42 Å². The summed E-state index contributed by atoms with van der Waals surface area (Å²) in [5.41, 5.74) is 5.53. The maximum atomic E-state index is 12.9. The SMILES string of the molecule is CCc1ccc(CC)c(-c2nonc2NC(=O)c2cc(=O)c3cc(C)c(C)cc3o2)c1. The van der Waals surface area contributed by atoms with Gasteiger partial charge in [0.1, 0.15) is 5.58 Å². The Labute approximate surface area is 179 Å². The van der Waals surface area contributed by atoms with Crippen molar-refractivity contribution in [2.24, 2.45) is 0 Å². The lowest BCUT2D eigenvalue weighted by molar-refractivity contribution is 0.0996. The Morgan fingerprint density at radius 2 is 1.77 bits per heavy atom. The first-order chi connectivity index (χ1) is 14.9. The van der Waals surface area contributed by atoms with Gasteiger partial charge in [-0.1, -0.05) is 26.0 Å². The van der Waals surface area contributed by atoms with Gasteiger partial charge in [0.2, 0.25) is 5.82 Å². The van der Waals surface area contributed by atoms with Crippen LogP contribution in [-0.4, -0.2) is 16.2 Å². The van der Waals surface area contributed by atoms with E-state index in [0.717, 1.165) is 40.7 Å². The normalized spacial score (nSPS) is 11.1. The van der Waals surface area contributed by atoms with Crippen LogP contribution in [0.1, 0.15) is 46.7 Å². The minimum atomic E-state index is -0.598. The van der Waals surface area contributed by atoms with Crippen molar-refractivity contribution in [3.8, 4) is 11.3 Å². The van der Waals surface area contributed by atoms with Gasteiger partial charge >= 0.3 is 0 Å². The highest BCUT2D eigenvalue weighted by Gasteiger charge is 2.20. The summed E-state index contributed by atoms with van der Waals surface area (Å²) in [6, 6.07) is 10.9. The van der Waals surface area contributed by atoms with Crippen LogP contribution in [0.15, 0.2) is 50.2 Å². The lowest BCUT2D eigenvalue weighted by atomic mass is 9.98. The number of hydrogen-bond donors (Lipinski definition) is 1. The fraction of sp³-hybridized carbons (Fsp3) is 0.250. The zero-order valence-corrected chi connectivity index (χ0v) is 17.9. The molecule has 0 spiro atoms. The first-order valence-electron chi connectivity index (χ1n) is 10.2. The number of benzene rings is 2. The Bertz CT molecular complexity index is 1350. The van der Waals surface area contributed by atoms with Crippen molar-refractivity contribution in [1.29, 1.82) is 0 Å². The van der Waals surface area contributed by atoms with Crippen molar-refractivity contribution in [2.75, 3.05) is 5.32 Å². The minimum absolute atomic E-state index is 0.104. The summed E-state index contributed by atoms with van der Waals surface area (Å²) < 4.78 is 10.7. The summed E-state index contributed by atoms with van der Waals surface area (Å²) >= 11 is 0. The summed E-state index contributed by atoms with van der Waals surface area (Å²) in [5, 5.41) is 11.0. The average Bonchev–Trinajstić information content (AvgIpc) is 3.22. The molecule has 0 aliphatic heterocycles. The van der Waals surface area contributed by atoms with E-state index >= 15 is 0 Å². The minimum Gasteiger partial charge on any atom is -0.451 e. The molecule has 1 N–H and O–H groups in total. The van der Waals surface area contributed by atoms with Gasteiger partial charge in [-0.3, -0.25) is 14.9 Å². The third-order valence-electron chi connectivity index (χ3n) is 5.51. The van der Waals surface area contributed by atoms with Crippen LogP contribution in [-0.2, 0) is 12.8 Å². The van der Waals surface area contributed by atoms with Gasteiger partial charge in [0.25, 0.3) is 5.91 Å². The van der Waals surface area contributed by atoms with Crippen LogP contribution in [0, 0.1) is 13.8 Å². The van der Waals surface area contributed by atoms with E-state index in [1.807, 2.05) is 32.9 Å². The number of carbonyl (C=O) groups excluding carboxylic acids is 1. The Morgan fingerprint density at radius 1 is 1.00 bits per heavy atom. The number of carbonyl (C=O) groups is 1. The number of nitrogens with zero attached hydrogens (tertiary/aromatic N) is 2. The fourth-order valence-electron chi connectivity index (χ4n) is 3.51. The van der Waals surface area contributed by atoms with E-state index in [4.69, 9.17) is 9.05 Å². The topological polar surface area (TPSA) is 98.2 Å². The quantitative estimate of drug-likeness (QED) is 0.499. The van der Waals surface area contributed by atoms with Gasteiger partial charge in [0, 0.05) is 11.6 Å². The summed E-state index contributed by atoms with van der Waals surface area (Å²) in [6.45, 7) is 7.96. The number of rotatable bonds is 5. The molecule has 0 saturated carbocycles. The molecular formula is C24H23N3O4. The third kappa shape index (κ3) is 3.86. The van der Waals surface area contributed by atoms with Crippen molar-refractivity contribution in [3.05, 3.63) is 74.6 Å². The number of nitrogens with one attached hydrogen (secondary N) is 1. The van der Waals surface area contributed by atoms with Crippen LogP contribution < -0.4 is 10.7 Å². The molecule has 2 aromatic carbocycles. The smallest absolute Gasteiger partial charge is 0.292 e. The molecule has 0 aliphatic carbocycles. The van der Waals surface area contributed by atoms with E-state index in [9.17, 15) is 9.59 Å². The number of hydrogen-bond acceptors (Lipinski definition) is 6. The van der Waals surface area contributed by atoms with E-state index in [1.54, 1.807) is 12.1 Å². The molecule has 4 aromatic rings. The third-order valence-corrected chi connectivity index (χ3v) is 5.51. The van der Waals surface area contributed by atoms with Crippen molar-refractivity contribution >= 4 is 22.7 Å². The number of aromatic nitrogens is 2. The van der Waals surface area contributed by atoms with E-state index in [0.29, 0.717) is 16.7 Å². The van der Waals surface area contributed by atoms with Crippen LogP contribution in [0.2, 0.25) is 0 Å². The first-order valence-corrected chi connectivity index (χ1v) is 10.2.